The maximum atomic E-state index is 12.4. The summed E-state index contributed by atoms with van der Waals surface area (Å²) in [6, 6.07) is 5.97. The van der Waals surface area contributed by atoms with E-state index in [2.05, 4.69) is 10.2 Å². The molecule has 3 rings (SSSR count). The highest BCUT2D eigenvalue weighted by atomic mass is 16.5. The summed E-state index contributed by atoms with van der Waals surface area (Å²) in [7, 11) is -1.04. The van der Waals surface area contributed by atoms with Crippen molar-refractivity contribution in [2.75, 3.05) is 26.2 Å². The van der Waals surface area contributed by atoms with Crippen molar-refractivity contribution < 1.29 is 14.5 Å². The molecule has 2 unspecified atom stereocenters. The Kier molecular flexibility index (Phi) is 5.63. The molecule has 136 valence electrons. The van der Waals surface area contributed by atoms with E-state index >= 15 is 0 Å². The monoisotopic (exact) mass is 346 g/mol. The van der Waals surface area contributed by atoms with Gasteiger partial charge in [0.15, 0.2) is 0 Å². The number of fused-ring (bicyclic) bond motifs is 1. The topological polar surface area (TPSA) is 114 Å². The van der Waals surface area contributed by atoms with E-state index in [4.69, 9.17) is 16.1 Å². The molecule has 1 amide bonds. The zero-order valence-electron chi connectivity index (χ0n) is 14.6. The fourth-order valence-electron chi connectivity index (χ4n) is 3.68. The van der Waals surface area contributed by atoms with Gasteiger partial charge in [-0.2, -0.15) is 0 Å². The number of aryl methyl sites for hydroxylation is 1. The van der Waals surface area contributed by atoms with Crippen molar-refractivity contribution in [1.82, 2.24) is 10.2 Å². The molecule has 0 aromatic heterocycles. The van der Waals surface area contributed by atoms with Crippen LogP contribution in [0, 0.1) is 12.8 Å². The third kappa shape index (κ3) is 4.15. The minimum absolute atomic E-state index is 0.109. The molecule has 2 aliphatic rings. The molecular formula is C17H27BN4O3. The SMILES string of the molecule is Cc1cccc2c1OB(O)[C@@H](NC(=O)CN1CCC(N)C(CN)C1)C2. The predicted octanol–water partition coefficient (Wildman–Crippen LogP) is -0.958. The van der Waals surface area contributed by atoms with Gasteiger partial charge in [-0.1, -0.05) is 18.2 Å². The number of carbonyl (C=O) groups excluding carboxylic acids is 1. The molecule has 0 bridgehead atoms. The summed E-state index contributed by atoms with van der Waals surface area (Å²) in [6.45, 7) is 4.28. The first-order valence-corrected chi connectivity index (χ1v) is 8.88. The zero-order chi connectivity index (χ0) is 18.0. The maximum Gasteiger partial charge on any atom is 0.547 e. The lowest BCUT2D eigenvalue weighted by Gasteiger charge is -2.36. The first-order valence-electron chi connectivity index (χ1n) is 8.88. The number of nitrogens with zero attached hydrogens (tertiary/aromatic N) is 1. The molecule has 2 aliphatic heterocycles. The average molecular weight is 346 g/mol. The Morgan fingerprint density at radius 2 is 2.32 bits per heavy atom. The van der Waals surface area contributed by atoms with E-state index in [0.717, 1.165) is 36.4 Å². The number of likely N-dealkylation sites (tertiary alicyclic amines) is 1. The van der Waals surface area contributed by atoms with Crippen LogP contribution in [0.4, 0.5) is 0 Å². The molecule has 7 nitrogen and oxygen atoms in total. The lowest BCUT2D eigenvalue weighted by molar-refractivity contribution is -0.123. The predicted molar refractivity (Wildman–Crippen MR) is 97.0 cm³/mol. The van der Waals surface area contributed by atoms with Gasteiger partial charge in [0.1, 0.15) is 5.75 Å². The minimum Gasteiger partial charge on any atom is -0.534 e. The van der Waals surface area contributed by atoms with E-state index in [1.54, 1.807) is 0 Å². The molecule has 1 fully saturated rings. The molecule has 0 spiro atoms. The van der Waals surface area contributed by atoms with Crippen molar-refractivity contribution in [2.24, 2.45) is 17.4 Å². The van der Waals surface area contributed by atoms with Crippen molar-refractivity contribution in [3.8, 4) is 5.75 Å². The van der Waals surface area contributed by atoms with Crippen LogP contribution in [0.3, 0.4) is 0 Å². The number of rotatable bonds is 4. The molecule has 25 heavy (non-hydrogen) atoms. The standard InChI is InChI=1S/C17H27BN4O3/c1-11-3-2-4-12-7-15(18(24)25-17(11)12)21-16(23)10-22-6-5-14(20)13(8-19)9-22/h2-4,13-15,24H,5-10,19-20H2,1H3,(H,21,23)/t13?,14?,15-/m0/s1. The van der Waals surface area contributed by atoms with Gasteiger partial charge < -0.3 is 26.5 Å². The van der Waals surface area contributed by atoms with Crippen LogP contribution in [0.5, 0.6) is 5.75 Å². The zero-order valence-corrected chi connectivity index (χ0v) is 14.6. The lowest BCUT2D eigenvalue weighted by atomic mass is 9.72. The number of nitrogens with two attached hydrogens (primary N) is 2. The van der Waals surface area contributed by atoms with Gasteiger partial charge >= 0.3 is 7.12 Å². The molecule has 8 heteroatoms. The van der Waals surface area contributed by atoms with E-state index in [1.807, 2.05) is 25.1 Å². The quantitative estimate of drug-likeness (QED) is 0.523. The van der Waals surface area contributed by atoms with Crippen LogP contribution in [0.1, 0.15) is 17.5 Å². The molecular weight excluding hydrogens is 319 g/mol. The van der Waals surface area contributed by atoms with Crippen molar-refractivity contribution in [3.63, 3.8) is 0 Å². The van der Waals surface area contributed by atoms with Crippen molar-refractivity contribution in [1.29, 1.82) is 0 Å². The van der Waals surface area contributed by atoms with Crippen molar-refractivity contribution in [2.45, 2.75) is 31.7 Å². The molecule has 6 N–H and O–H groups in total. The second-order valence-electron chi connectivity index (χ2n) is 7.13. The number of hydrogen-bond donors (Lipinski definition) is 4. The second kappa shape index (κ2) is 7.74. The summed E-state index contributed by atoms with van der Waals surface area (Å²) in [5.74, 6) is 0.380. The van der Waals surface area contributed by atoms with Gasteiger partial charge in [0.2, 0.25) is 5.91 Å². The molecule has 0 aliphatic carbocycles. The van der Waals surface area contributed by atoms with Crippen LogP contribution in [0.25, 0.3) is 0 Å². The maximum absolute atomic E-state index is 12.4. The first-order chi connectivity index (χ1) is 12.0. The number of benzene rings is 1. The van der Waals surface area contributed by atoms with Gasteiger partial charge in [0, 0.05) is 19.1 Å². The summed E-state index contributed by atoms with van der Waals surface area (Å²) >= 11 is 0. The number of piperidine rings is 1. The number of nitrogens with one attached hydrogen (secondary N) is 1. The summed E-state index contributed by atoms with van der Waals surface area (Å²) < 4.78 is 5.61. The molecule has 1 saturated heterocycles. The van der Waals surface area contributed by atoms with E-state index in [9.17, 15) is 9.82 Å². The summed E-state index contributed by atoms with van der Waals surface area (Å²) in [5, 5.41) is 13.1. The van der Waals surface area contributed by atoms with Crippen LogP contribution < -0.4 is 21.4 Å². The minimum atomic E-state index is -1.04. The van der Waals surface area contributed by atoms with Gasteiger partial charge in [-0.3, -0.25) is 9.69 Å². The number of para-hydroxylation sites is 1. The highest BCUT2D eigenvalue weighted by molar-refractivity contribution is 6.46. The summed E-state index contributed by atoms with van der Waals surface area (Å²) in [5.41, 5.74) is 13.8. The Hall–Kier alpha value is -1.61. The normalized spacial score (nSPS) is 26.7. The molecule has 1 aromatic carbocycles. The highest BCUT2D eigenvalue weighted by Crippen LogP contribution is 2.29. The van der Waals surface area contributed by atoms with Crippen LogP contribution in [-0.4, -0.2) is 61.1 Å². The molecule has 2 heterocycles. The van der Waals surface area contributed by atoms with Gasteiger partial charge in [-0.05, 0) is 43.4 Å². The van der Waals surface area contributed by atoms with Gasteiger partial charge in [-0.25, -0.2) is 0 Å². The Labute approximate surface area is 148 Å². The van der Waals surface area contributed by atoms with Gasteiger partial charge in [0.05, 0.1) is 12.5 Å². The molecule has 0 saturated carbocycles. The number of amides is 1. The van der Waals surface area contributed by atoms with E-state index in [1.165, 1.54) is 0 Å². The average Bonchev–Trinajstić information content (AvgIpc) is 2.58. The van der Waals surface area contributed by atoms with E-state index in [0.29, 0.717) is 13.0 Å². The molecule has 0 radical (unpaired) electrons. The Bertz CT molecular complexity index is 630. The van der Waals surface area contributed by atoms with Crippen molar-refractivity contribution >= 4 is 13.0 Å². The molecule has 3 atom stereocenters. The van der Waals surface area contributed by atoms with Crippen molar-refractivity contribution in [3.05, 3.63) is 29.3 Å². The highest BCUT2D eigenvalue weighted by Gasteiger charge is 2.37. The second-order valence-corrected chi connectivity index (χ2v) is 7.13. The van der Waals surface area contributed by atoms with Crippen LogP contribution >= 0.6 is 0 Å². The summed E-state index contributed by atoms with van der Waals surface area (Å²) in [6.07, 6.45) is 1.40. The van der Waals surface area contributed by atoms with Crippen LogP contribution in [-0.2, 0) is 11.2 Å². The lowest BCUT2D eigenvalue weighted by Crippen LogP contribution is -2.56. The smallest absolute Gasteiger partial charge is 0.534 e. The third-order valence-corrected chi connectivity index (χ3v) is 5.21. The third-order valence-electron chi connectivity index (χ3n) is 5.21. The van der Waals surface area contributed by atoms with Gasteiger partial charge in [-0.15, -0.1) is 0 Å². The number of hydrogen-bond acceptors (Lipinski definition) is 6. The Morgan fingerprint density at radius 3 is 3.08 bits per heavy atom. The Balaban J connectivity index is 1.56. The van der Waals surface area contributed by atoms with E-state index in [-0.39, 0.29) is 24.4 Å². The Morgan fingerprint density at radius 1 is 1.52 bits per heavy atom. The van der Waals surface area contributed by atoms with Crippen LogP contribution in [0.15, 0.2) is 18.2 Å². The number of carbonyl (C=O) groups is 1. The van der Waals surface area contributed by atoms with Gasteiger partial charge in [0.25, 0.3) is 0 Å². The largest absolute Gasteiger partial charge is 0.547 e. The molecule has 1 aromatic rings. The first kappa shape index (κ1) is 18.2. The fraction of sp³-hybridized carbons (Fsp3) is 0.588. The summed E-state index contributed by atoms with van der Waals surface area (Å²) in [4.78, 5) is 14.5. The van der Waals surface area contributed by atoms with Crippen LogP contribution in [0.2, 0.25) is 0 Å². The fourth-order valence-corrected chi connectivity index (χ4v) is 3.68. The van der Waals surface area contributed by atoms with E-state index < -0.39 is 13.1 Å².